The van der Waals surface area contributed by atoms with Gasteiger partial charge in [-0.25, -0.2) is 9.48 Å². The summed E-state index contributed by atoms with van der Waals surface area (Å²) in [6.07, 6.45) is 3.37. The number of amides is 1. The first-order valence-corrected chi connectivity index (χ1v) is 9.64. The van der Waals surface area contributed by atoms with Crippen molar-refractivity contribution >= 4 is 17.6 Å². The molecule has 0 saturated carbocycles. The normalized spacial score (nSPS) is 10.5. The molecule has 162 valence electrons. The van der Waals surface area contributed by atoms with Gasteiger partial charge in [0.2, 0.25) is 5.91 Å². The number of esters is 1. The van der Waals surface area contributed by atoms with Crippen LogP contribution in [0.2, 0.25) is 0 Å². The van der Waals surface area contributed by atoms with E-state index in [-0.39, 0.29) is 30.7 Å². The minimum Gasteiger partial charge on any atom is -0.495 e. The Morgan fingerprint density at radius 2 is 1.91 bits per heavy atom. The molecule has 1 amide bonds. The second-order valence-electron chi connectivity index (χ2n) is 6.60. The van der Waals surface area contributed by atoms with Gasteiger partial charge in [0.15, 0.2) is 12.4 Å². The number of nitrogens with zero attached hydrogens (tertiary/aromatic N) is 4. The third kappa shape index (κ3) is 4.98. The summed E-state index contributed by atoms with van der Waals surface area (Å²) in [5.41, 5.74) is 1.73. The molecule has 2 aromatic heterocycles. The Kier molecular flexibility index (Phi) is 6.21. The molecule has 4 aromatic rings. The van der Waals surface area contributed by atoms with Gasteiger partial charge in [0.1, 0.15) is 5.75 Å². The zero-order valence-corrected chi connectivity index (χ0v) is 17.1. The van der Waals surface area contributed by atoms with Crippen LogP contribution in [0.15, 0.2) is 71.5 Å². The van der Waals surface area contributed by atoms with Crippen LogP contribution in [0, 0.1) is 0 Å². The maximum atomic E-state index is 12.3. The number of methoxy groups -OCH3 is 1. The van der Waals surface area contributed by atoms with Gasteiger partial charge in [-0.2, -0.15) is 10.1 Å². The molecule has 10 nitrogen and oxygen atoms in total. The molecule has 0 aliphatic rings. The van der Waals surface area contributed by atoms with Crippen LogP contribution >= 0.6 is 0 Å². The second kappa shape index (κ2) is 9.56. The lowest BCUT2D eigenvalue weighted by Crippen LogP contribution is -2.15. The molecule has 2 aromatic carbocycles. The number of para-hydroxylation sites is 2. The van der Waals surface area contributed by atoms with E-state index in [2.05, 4.69) is 20.6 Å². The van der Waals surface area contributed by atoms with Crippen LogP contribution in [0.3, 0.4) is 0 Å². The molecule has 1 N–H and O–H groups in total. The number of aromatic nitrogens is 4. The monoisotopic (exact) mass is 433 g/mol. The van der Waals surface area contributed by atoms with Gasteiger partial charge in [0.05, 0.1) is 30.5 Å². The minimum absolute atomic E-state index is 0.0894. The molecule has 10 heteroatoms. The number of rotatable bonds is 8. The Balaban J connectivity index is 1.29. The van der Waals surface area contributed by atoms with Crippen molar-refractivity contribution in [2.45, 2.75) is 13.0 Å². The number of anilines is 1. The van der Waals surface area contributed by atoms with Crippen LogP contribution in [-0.2, 0) is 22.6 Å². The topological polar surface area (TPSA) is 121 Å². The first-order valence-electron chi connectivity index (χ1n) is 9.64. The smallest absolute Gasteiger partial charge is 0.338 e. The van der Waals surface area contributed by atoms with E-state index >= 15 is 0 Å². The third-order valence-electron chi connectivity index (χ3n) is 4.41. The molecular formula is C22H19N5O5. The van der Waals surface area contributed by atoms with E-state index in [4.69, 9.17) is 14.0 Å². The van der Waals surface area contributed by atoms with E-state index in [1.807, 2.05) is 6.07 Å². The summed E-state index contributed by atoms with van der Waals surface area (Å²) in [5, 5.41) is 10.6. The van der Waals surface area contributed by atoms with Crippen LogP contribution in [-0.4, -0.2) is 38.9 Å². The molecule has 0 bridgehead atoms. The van der Waals surface area contributed by atoms with Gasteiger partial charge >= 0.3 is 5.97 Å². The number of carbonyl (C=O) groups is 2. The lowest BCUT2D eigenvalue weighted by atomic mass is 10.2. The molecule has 0 spiro atoms. The molecular weight excluding hydrogens is 414 g/mol. The lowest BCUT2D eigenvalue weighted by Gasteiger charge is -2.08. The van der Waals surface area contributed by atoms with Gasteiger partial charge in [-0.05, 0) is 42.5 Å². The number of carbonyl (C=O) groups excluding carboxylic acids is 2. The maximum Gasteiger partial charge on any atom is 0.338 e. The average Bonchev–Trinajstić information content (AvgIpc) is 3.50. The van der Waals surface area contributed by atoms with Crippen molar-refractivity contribution in [3.05, 3.63) is 84.3 Å². The maximum absolute atomic E-state index is 12.3. The summed E-state index contributed by atoms with van der Waals surface area (Å²) in [7, 11) is 1.52. The summed E-state index contributed by atoms with van der Waals surface area (Å²) < 4.78 is 17.2. The zero-order chi connectivity index (χ0) is 22.3. The van der Waals surface area contributed by atoms with E-state index in [0.29, 0.717) is 17.0 Å². The Hall–Kier alpha value is -4.47. The highest BCUT2D eigenvalue weighted by atomic mass is 16.6. The number of ether oxygens (including phenoxy) is 2. The van der Waals surface area contributed by atoms with E-state index in [1.165, 1.54) is 7.11 Å². The van der Waals surface area contributed by atoms with Gasteiger partial charge < -0.3 is 19.3 Å². The van der Waals surface area contributed by atoms with Gasteiger partial charge in [0, 0.05) is 12.4 Å². The van der Waals surface area contributed by atoms with Crippen molar-refractivity contribution < 1.29 is 23.6 Å². The molecule has 0 saturated heterocycles. The number of benzene rings is 2. The van der Waals surface area contributed by atoms with Crippen molar-refractivity contribution in [3.8, 4) is 11.4 Å². The van der Waals surface area contributed by atoms with E-state index in [1.54, 1.807) is 65.6 Å². The summed E-state index contributed by atoms with van der Waals surface area (Å²) in [6.45, 7) is -0.207. The van der Waals surface area contributed by atoms with E-state index in [9.17, 15) is 9.59 Å². The number of nitrogens with one attached hydrogen (secondary N) is 1. The summed E-state index contributed by atoms with van der Waals surface area (Å²) >= 11 is 0. The van der Waals surface area contributed by atoms with Gasteiger partial charge in [-0.1, -0.05) is 17.3 Å². The summed E-state index contributed by atoms with van der Waals surface area (Å²) in [4.78, 5) is 28.6. The van der Waals surface area contributed by atoms with Crippen molar-refractivity contribution in [2.75, 3.05) is 12.4 Å². The van der Waals surface area contributed by atoms with Crippen LogP contribution in [0.1, 0.15) is 22.1 Å². The molecule has 2 heterocycles. The Morgan fingerprint density at radius 1 is 1.09 bits per heavy atom. The van der Waals surface area contributed by atoms with Crippen molar-refractivity contribution in [1.29, 1.82) is 0 Å². The quantitative estimate of drug-likeness (QED) is 0.421. The highest BCUT2D eigenvalue weighted by molar-refractivity contribution is 5.93. The molecule has 0 fully saturated rings. The van der Waals surface area contributed by atoms with Crippen LogP contribution in [0.5, 0.6) is 5.75 Å². The first kappa shape index (κ1) is 20.8. The van der Waals surface area contributed by atoms with Crippen molar-refractivity contribution in [2.24, 2.45) is 0 Å². The number of hydrogen-bond donors (Lipinski definition) is 1. The minimum atomic E-state index is -0.536. The SMILES string of the molecule is COc1ccccc1NC(=O)Cc1noc(COC(=O)c2ccc(-n3cccn3)cc2)n1. The fourth-order valence-corrected chi connectivity index (χ4v) is 2.89. The highest BCUT2D eigenvalue weighted by Gasteiger charge is 2.15. The van der Waals surface area contributed by atoms with Crippen molar-refractivity contribution in [1.82, 2.24) is 19.9 Å². The molecule has 4 rings (SSSR count). The molecule has 0 atom stereocenters. The lowest BCUT2D eigenvalue weighted by molar-refractivity contribution is -0.115. The molecule has 0 aliphatic heterocycles. The molecule has 32 heavy (non-hydrogen) atoms. The summed E-state index contributed by atoms with van der Waals surface area (Å²) in [6, 6.07) is 15.6. The Morgan fingerprint density at radius 3 is 2.66 bits per heavy atom. The zero-order valence-electron chi connectivity index (χ0n) is 17.1. The van der Waals surface area contributed by atoms with Gasteiger partial charge in [-0.3, -0.25) is 4.79 Å². The van der Waals surface area contributed by atoms with Crippen LogP contribution in [0.4, 0.5) is 5.69 Å². The Bertz CT molecular complexity index is 1200. The molecule has 0 unspecified atom stereocenters. The van der Waals surface area contributed by atoms with Gasteiger partial charge in [-0.15, -0.1) is 0 Å². The van der Waals surface area contributed by atoms with Gasteiger partial charge in [0.25, 0.3) is 5.89 Å². The number of hydrogen-bond acceptors (Lipinski definition) is 8. The largest absolute Gasteiger partial charge is 0.495 e. The summed E-state index contributed by atoms with van der Waals surface area (Å²) in [5.74, 6) is -0.0698. The fraction of sp³-hybridized carbons (Fsp3) is 0.136. The standard InChI is InChI=1S/C22H19N5O5/c1-30-18-6-3-2-5-17(18)24-20(28)13-19-25-21(32-26-19)14-31-22(29)15-7-9-16(10-8-15)27-12-4-11-23-27/h2-12H,13-14H2,1H3,(H,24,28). The molecule has 0 radical (unpaired) electrons. The highest BCUT2D eigenvalue weighted by Crippen LogP contribution is 2.23. The fourth-order valence-electron chi connectivity index (χ4n) is 2.89. The van der Waals surface area contributed by atoms with E-state index in [0.717, 1.165) is 5.69 Å². The van der Waals surface area contributed by atoms with Crippen molar-refractivity contribution in [3.63, 3.8) is 0 Å². The first-order chi connectivity index (χ1) is 15.6. The predicted octanol–water partition coefficient (Wildman–Crippen LogP) is 2.80. The van der Waals surface area contributed by atoms with Crippen LogP contribution in [0.25, 0.3) is 5.69 Å². The van der Waals surface area contributed by atoms with Crippen LogP contribution < -0.4 is 10.1 Å². The average molecular weight is 433 g/mol. The second-order valence-corrected chi connectivity index (χ2v) is 6.60. The molecule has 0 aliphatic carbocycles. The van der Waals surface area contributed by atoms with E-state index < -0.39 is 5.97 Å². The Labute approximate surface area is 182 Å². The third-order valence-corrected chi connectivity index (χ3v) is 4.41. The predicted molar refractivity (Wildman–Crippen MR) is 112 cm³/mol.